The maximum Gasteiger partial charge on any atom is 0.258 e. The molecule has 1 fully saturated rings. The van der Waals surface area contributed by atoms with Gasteiger partial charge in [-0.15, -0.1) is 0 Å². The molecule has 0 saturated carbocycles. The molecule has 25 heavy (non-hydrogen) atoms. The summed E-state index contributed by atoms with van der Waals surface area (Å²) in [6.45, 7) is 1.13. The van der Waals surface area contributed by atoms with Crippen LogP contribution in [0.2, 0.25) is 0 Å². The van der Waals surface area contributed by atoms with Crippen LogP contribution in [-0.2, 0) is 14.4 Å². The highest BCUT2D eigenvalue weighted by Crippen LogP contribution is 2.38. The average molecular weight is 333 g/mol. The SMILES string of the molecule is O=C1Nc2ccccc2/C1=C1/Nc2ccccc2/C1=N\OCC1CO1. The summed E-state index contributed by atoms with van der Waals surface area (Å²) >= 11 is 0. The smallest absolute Gasteiger partial charge is 0.258 e. The Hall–Kier alpha value is -3.12. The fourth-order valence-electron chi connectivity index (χ4n) is 3.12. The summed E-state index contributed by atoms with van der Waals surface area (Å²) in [6.07, 6.45) is 0.126. The van der Waals surface area contributed by atoms with Gasteiger partial charge < -0.3 is 20.2 Å². The van der Waals surface area contributed by atoms with Gasteiger partial charge in [-0.05, 0) is 12.1 Å². The second-order valence-corrected chi connectivity index (χ2v) is 6.11. The van der Waals surface area contributed by atoms with Crippen molar-refractivity contribution in [2.24, 2.45) is 5.16 Å². The molecule has 124 valence electrons. The molecule has 0 aliphatic carbocycles. The Morgan fingerprint density at radius 1 is 1.04 bits per heavy atom. The van der Waals surface area contributed by atoms with E-state index in [1.54, 1.807) is 0 Å². The molecule has 3 aliphatic rings. The van der Waals surface area contributed by atoms with Crippen LogP contribution in [0, 0.1) is 0 Å². The van der Waals surface area contributed by atoms with E-state index in [1.165, 1.54) is 0 Å². The van der Waals surface area contributed by atoms with Gasteiger partial charge >= 0.3 is 0 Å². The number of carbonyl (C=O) groups is 1. The number of benzene rings is 2. The third kappa shape index (κ3) is 2.38. The molecule has 0 radical (unpaired) electrons. The molecule has 5 rings (SSSR count). The summed E-state index contributed by atoms with van der Waals surface area (Å²) in [5.41, 5.74) is 5.38. The Kier molecular flexibility index (Phi) is 3.11. The van der Waals surface area contributed by atoms with Crippen molar-refractivity contribution in [1.29, 1.82) is 0 Å². The molecule has 2 N–H and O–H groups in total. The predicted octanol–water partition coefficient (Wildman–Crippen LogP) is 2.60. The number of epoxide rings is 1. The predicted molar refractivity (Wildman–Crippen MR) is 94.3 cm³/mol. The Balaban J connectivity index is 1.63. The molecule has 3 heterocycles. The molecule has 1 unspecified atom stereocenters. The monoisotopic (exact) mass is 333 g/mol. The molecule has 0 bridgehead atoms. The van der Waals surface area contributed by atoms with Crippen LogP contribution in [0.4, 0.5) is 11.4 Å². The first-order chi connectivity index (χ1) is 12.3. The first-order valence-electron chi connectivity index (χ1n) is 8.14. The quantitative estimate of drug-likeness (QED) is 0.514. The van der Waals surface area contributed by atoms with Gasteiger partial charge in [0.2, 0.25) is 0 Å². The number of ether oxygens (including phenoxy) is 1. The minimum atomic E-state index is -0.144. The first kappa shape index (κ1) is 14.2. The maximum absolute atomic E-state index is 12.6. The van der Waals surface area contributed by atoms with Crippen molar-refractivity contribution in [3.63, 3.8) is 0 Å². The van der Waals surface area contributed by atoms with E-state index in [-0.39, 0.29) is 12.0 Å². The zero-order valence-electron chi connectivity index (χ0n) is 13.3. The number of para-hydroxylation sites is 2. The molecule has 1 saturated heterocycles. The highest BCUT2D eigenvalue weighted by atomic mass is 16.7. The standard InChI is InChI=1S/C19H15N3O3/c23-19-16(12-5-1-3-7-14(12)21-19)18-17(22-25-10-11-9-24-11)13-6-2-4-8-15(13)20-18/h1-8,11,20H,9-10H2,(H,21,23)/b18-16-,22-17+. The Morgan fingerprint density at radius 2 is 1.72 bits per heavy atom. The number of carbonyl (C=O) groups excluding carboxylic acids is 1. The summed E-state index contributed by atoms with van der Waals surface area (Å²) in [7, 11) is 0. The van der Waals surface area contributed by atoms with E-state index in [0.717, 1.165) is 22.5 Å². The van der Waals surface area contributed by atoms with Gasteiger partial charge in [0.1, 0.15) is 18.4 Å². The van der Waals surface area contributed by atoms with Crippen LogP contribution in [-0.4, -0.2) is 30.9 Å². The van der Waals surface area contributed by atoms with E-state index in [4.69, 9.17) is 9.57 Å². The number of nitrogens with one attached hydrogen (secondary N) is 2. The largest absolute Gasteiger partial charge is 0.392 e. The number of hydrogen-bond acceptors (Lipinski definition) is 5. The molecule has 3 aliphatic heterocycles. The lowest BCUT2D eigenvalue weighted by molar-refractivity contribution is -0.110. The second-order valence-electron chi connectivity index (χ2n) is 6.11. The minimum Gasteiger partial charge on any atom is -0.392 e. The molecule has 1 atom stereocenters. The van der Waals surface area contributed by atoms with Crippen molar-refractivity contribution in [3.05, 3.63) is 65.4 Å². The van der Waals surface area contributed by atoms with Gasteiger partial charge in [0, 0.05) is 22.5 Å². The van der Waals surface area contributed by atoms with Crippen molar-refractivity contribution in [1.82, 2.24) is 0 Å². The molecule has 0 aromatic heterocycles. The summed E-state index contributed by atoms with van der Waals surface area (Å²) in [5, 5.41) is 10.5. The minimum absolute atomic E-state index is 0.126. The fraction of sp³-hybridized carbons (Fsp3) is 0.158. The fourth-order valence-corrected chi connectivity index (χ4v) is 3.12. The van der Waals surface area contributed by atoms with Crippen LogP contribution in [0.5, 0.6) is 0 Å². The van der Waals surface area contributed by atoms with Crippen LogP contribution in [0.1, 0.15) is 11.1 Å². The van der Waals surface area contributed by atoms with E-state index < -0.39 is 0 Å². The zero-order chi connectivity index (χ0) is 16.8. The van der Waals surface area contributed by atoms with Crippen LogP contribution in [0.15, 0.2) is 59.4 Å². The average Bonchev–Trinajstić information content (AvgIpc) is 3.29. The van der Waals surface area contributed by atoms with Crippen LogP contribution >= 0.6 is 0 Å². The topological polar surface area (TPSA) is 75.2 Å². The van der Waals surface area contributed by atoms with Crippen molar-refractivity contribution < 1.29 is 14.4 Å². The number of allylic oxidation sites excluding steroid dienone is 1. The number of rotatable bonds is 3. The summed E-state index contributed by atoms with van der Waals surface area (Å²) in [5.74, 6) is -0.144. The third-order valence-electron chi connectivity index (χ3n) is 4.42. The lowest BCUT2D eigenvalue weighted by Crippen LogP contribution is -2.13. The molecule has 6 heteroatoms. The van der Waals surface area contributed by atoms with Gasteiger partial charge in [-0.1, -0.05) is 41.6 Å². The molecule has 1 amide bonds. The van der Waals surface area contributed by atoms with Gasteiger partial charge in [-0.25, -0.2) is 0 Å². The van der Waals surface area contributed by atoms with E-state index in [1.807, 2.05) is 48.5 Å². The van der Waals surface area contributed by atoms with E-state index in [2.05, 4.69) is 15.8 Å². The van der Waals surface area contributed by atoms with Crippen molar-refractivity contribution in [2.75, 3.05) is 23.8 Å². The van der Waals surface area contributed by atoms with Crippen molar-refractivity contribution in [2.45, 2.75) is 6.10 Å². The Bertz CT molecular complexity index is 944. The lowest BCUT2D eigenvalue weighted by atomic mass is 10.0. The van der Waals surface area contributed by atoms with Gasteiger partial charge in [-0.2, -0.15) is 0 Å². The number of amides is 1. The first-order valence-corrected chi connectivity index (χ1v) is 8.14. The van der Waals surface area contributed by atoms with Crippen LogP contribution in [0.3, 0.4) is 0 Å². The third-order valence-corrected chi connectivity index (χ3v) is 4.42. The zero-order valence-corrected chi connectivity index (χ0v) is 13.3. The molecule has 2 aromatic carbocycles. The molecular weight excluding hydrogens is 318 g/mol. The highest BCUT2D eigenvalue weighted by molar-refractivity contribution is 6.39. The van der Waals surface area contributed by atoms with E-state index >= 15 is 0 Å². The number of fused-ring (bicyclic) bond motifs is 2. The maximum atomic E-state index is 12.6. The number of anilines is 2. The normalized spacial score (nSPS) is 24.6. The number of nitrogens with zero attached hydrogens (tertiary/aromatic N) is 1. The molecule has 0 spiro atoms. The van der Waals surface area contributed by atoms with Gasteiger partial charge in [0.25, 0.3) is 5.91 Å². The number of hydrogen-bond donors (Lipinski definition) is 2. The van der Waals surface area contributed by atoms with Gasteiger partial charge in [0.15, 0.2) is 0 Å². The van der Waals surface area contributed by atoms with Gasteiger partial charge in [0.05, 0.1) is 17.9 Å². The summed E-state index contributed by atoms with van der Waals surface area (Å²) in [6, 6.07) is 15.4. The molecule has 6 nitrogen and oxygen atoms in total. The second kappa shape index (κ2) is 5.46. The van der Waals surface area contributed by atoms with Crippen LogP contribution < -0.4 is 10.6 Å². The lowest BCUT2D eigenvalue weighted by Gasteiger charge is -2.06. The van der Waals surface area contributed by atoms with Crippen molar-refractivity contribution in [3.8, 4) is 0 Å². The Morgan fingerprint density at radius 3 is 2.48 bits per heavy atom. The van der Waals surface area contributed by atoms with Crippen LogP contribution in [0.25, 0.3) is 5.57 Å². The highest BCUT2D eigenvalue weighted by Gasteiger charge is 2.34. The number of oxime groups is 1. The summed E-state index contributed by atoms with van der Waals surface area (Å²) in [4.78, 5) is 18.1. The summed E-state index contributed by atoms with van der Waals surface area (Å²) < 4.78 is 5.15. The van der Waals surface area contributed by atoms with E-state index in [9.17, 15) is 4.79 Å². The van der Waals surface area contributed by atoms with Gasteiger partial charge in [-0.3, -0.25) is 4.79 Å². The Labute approximate surface area is 144 Å². The molecular formula is C19H15N3O3. The molecule has 2 aromatic rings. The van der Waals surface area contributed by atoms with Crippen molar-refractivity contribution >= 4 is 28.6 Å². The van der Waals surface area contributed by atoms with E-state index in [0.29, 0.717) is 30.2 Å².